The summed E-state index contributed by atoms with van der Waals surface area (Å²) in [7, 11) is 0. The number of hydrogen-bond donors (Lipinski definition) is 0. The average Bonchev–Trinajstić information content (AvgIpc) is 1.41. The zero-order valence-corrected chi connectivity index (χ0v) is 6.35. The van der Waals surface area contributed by atoms with E-state index in [2.05, 4.69) is 11.5 Å². The molecule has 0 spiro atoms. The van der Waals surface area contributed by atoms with Crippen LogP contribution in [0.5, 0.6) is 0 Å². The Bertz CT molecular complexity index is 24.8. The van der Waals surface area contributed by atoms with Gasteiger partial charge in [-0.15, -0.1) is 0 Å². The molecule has 0 saturated heterocycles. The van der Waals surface area contributed by atoms with Crippen molar-refractivity contribution in [1.82, 2.24) is 0 Å². The number of allylic oxidation sites excluding steroid dienone is 1. The summed E-state index contributed by atoms with van der Waals surface area (Å²) in [6, 6.07) is 0. The Hall–Kier alpha value is 0.539. The normalized spacial score (nSPS) is 7.40. The molecule has 0 rings (SSSR count). The van der Waals surface area contributed by atoms with Gasteiger partial charge in [0, 0.05) is 0 Å². The average molecular weight is 175 g/mol. The Labute approximate surface area is 43.5 Å². The van der Waals surface area contributed by atoms with E-state index in [0.29, 0.717) is 0 Å². The second-order valence-electron chi connectivity index (χ2n) is 0.846. The third kappa shape index (κ3) is 4.54. The van der Waals surface area contributed by atoms with Crippen molar-refractivity contribution in [2.75, 3.05) is 0 Å². The molecule has 0 amide bonds. The molecule has 0 atom stereocenters. The van der Waals surface area contributed by atoms with Gasteiger partial charge in [-0.05, 0) is 0 Å². The van der Waals surface area contributed by atoms with Gasteiger partial charge >= 0.3 is 43.2 Å². The van der Waals surface area contributed by atoms with Gasteiger partial charge in [-0.3, -0.25) is 0 Å². The molecule has 0 aromatic carbocycles. The molecule has 0 aliphatic heterocycles. The summed E-state index contributed by atoms with van der Waals surface area (Å²) in [6.07, 6.45) is 2.01. The molecule has 0 heterocycles. The molecule has 28 valence electrons. The molecular weight excluding hydrogens is 167 g/mol. The Balaban J connectivity index is 2.40. The summed E-state index contributed by atoms with van der Waals surface area (Å²) in [5, 5.41) is 0. The van der Waals surface area contributed by atoms with E-state index in [9.17, 15) is 0 Å². The molecule has 0 saturated carbocycles. The molecule has 0 N–H and O–H groups in total. The Morgan fingerprint density at radius 1 is 2.00 bits per heavy atom. The van der Waals surface area contributed by atoms with E-state index in [1.54, 1.807) is 0 Å². The van der Waals surface area contributed by atoms with Crippen molar-refractivity contribution in [1.29, 1.82) is 0 Å². The maximum atomic E-state index is 3.59. The van der Waals surface area contributed by atoms with Gasteiger partial charge in [0.25, 0.3) is 0 Å². The Morgan fingerprint density at radius 2 is 2.60 bits per heavy atom. The quantitative estimate of drug-likeness (QED) is 0.438. The van der Waals surface area contributed by atoms with Crippen molar-refractivity contribution in [3.05, 3.63) is 12.7 Å². The third-order valence-corrected chi connectivity index (χ3v) is 2.34. The van der Waals surface area contributed by atoms with Crippen molar-refractivity contribution in [2.45, 2.75) is 9.38 Å². The van der Waals surface area contributed by atoms with Crippen LogP contribution in [0.1, 0.15) is 0 Å². The summed E-state index contributed by atoms with van der Waals surface area (Å²) in [6.45, 7) is 3.59. The SMILES string of the molecule is C=C[CH2][Sn][CH3]. The van der Waals surface area contributed by atoms with Crippen LogP contribution in [0.2, 0.25) is 9.38 Å². The van der Waals surface area contributed by atoms with Crippen LogP contribution >= 0.6 is 0 Å². The maximum absolute atomic E-state index is 3.59. The van der Waals surface area contributed by atoms with Crippen molar-refractivity contribution in [3.63, 3.8) is 0 Å². The van der Waals surface area contributed by atoms with Gasteiger partial charge in [0.05, 0.1) is 0 Å². The van der Waals surface area contributed by atoms with E-state index < -0.39 is 0 Å². The van der Waals surface area contributed by atoms with Gasteiger partial charge in [0.1, 0.15) is 0 Å². The fraction of sp³-hybridized carbons (Fsp3) is 0.500. The summed E-state index contributed by atoms with van der Waals surface area (Å²) in [4.78, 5) is 2.31. The molecule has 5 heavy (non-hydrogen) atoms. The molecule has 0 aromatic heterocycles. The topological polar surface area (TPSA) is 0 Å². The van der Waals surface area contributed by atoms with Crippen LogP contribution in [0.25, 0.3) is 0 Å². The van der Waals surface area contributed by atoms with Gasteiger partial charge in [0.15, 0.2) is 0 Å². The zero-order chi connectivity index (χ0) is 4.12. The molecule has 0 aromatic rings. The van der Waals surface area contributed by atoms with E-state index in [1.807, 2.05) is 6.08 Å². The molecule has 0 unspecified atom stereocenters. The Kier molecular flexibility index (Phi) is 5.03. The predicted molar refractivity (Wildman–Crippen MR) is 26.6 cm³/mol. The van der Waals surface area contributed by atoms with E-state index in [-0.39, 0.29) is 21.1 Å². The summed E-state index contributed by atoms with van der Waals surface area (Å²) >= 11 is 0.0876. The van der Waals surface area contributed by atoms with Crippen LogP contribution in [0.15, 0.2) is 12.7 Å². The standard InChI is InChI=1S/C3H5.CH3.Sn/c1-3-2;;/h3H,1-2H2;1H3;. The van der Waals surface area contributed by atoms with Gasteiger partial charge < -0.3 is 0 Å². The first-order chi connectivity index (χ1) is 2.41. The first-order valence-corrected chi connectivity index (χ1v) is 6.54. The predicted octanol–water partition coefficient (Wildman–Crippen LogP) is 1.34. The minimum atomic E-state index is 0.0876. The van der Waals surface area contributed by atoms with Crippen molar-refractivity contribution in [2.24, 2.45) is 0 Å². The molecule has 2 radical (unpaired) electrons. The van der Waals surface area contributed by atoms with Crippen LogP contribution in [0, 0.1) is 0 Å². The third-order valence-electron chi connectivity index (χ3n) is 0.348. The monoisotopic (exact) mass is 176 g/mol. The molecule has 0 aliphatic rings. The molecule has 0 bridgehead atoms. The first kappa shape index (κ1) is 5.54. The summed E-state index contributed by atoms with van der Waals surface area (Å²) in [5.41, 5.74) is 0. The van der Waals surface area contributed by atoms with Crippen LogP contribution in [-0.2, 0) is 0 Å². The van der Waals surface area contributed by atoms with E-state index in [1.165, 1.54) is 4.44 Å². The van der Waals surface area contributed by atoms with Crippen molar-refractivity contribution >= 4 is 21.1 Å². The molecular formula is C4H8Sn. The Morgan fingerprint density at radius 3 is 2.60 bits per heavy atom. The first-order valence-electron chi connectivity index (χ1n) is 1.67. The zero-order valence-electron chi connectivity index (χ0n) is 3.49. The molecule has 0 aliphatic carbocycles. The van der Waals surface area contributed by atoms with Gasteiger partial charge in [-0.2, -0.15) is 0 Å². The summed E-state index contributed by atoms with van der Waals surface area (Å²) in [5.74, 6) is 0. The fourth-order valence-corrected chi connectivity index (χ4v) is 0.968. The van der Waals surface area contributed by atoms with Crippen molar-refractivity contribution < 1.29 is 0 Å². The van der Waals surface area contributed by atoms with Crippen LogP contribution < -0.4 is 0 Å². The van der Waals surface area contributed by atoms with Crippen molar-refractivity contribution in [3.8, 4) is 0 Å². The fourth-order valence-electron chi connectivity index (χ4n) is 0.144. The van der Waals surface area contributed by atoms with E-state index >= 15 is 0 Å². The minimum absolute atomic E-state index is 0.0876. The van der Waals surface area contributed by atoms with Crippen LogP contribution in [-0.4, -0.2) is 21.1 Å². The van der Waals surface area contributed by atoms with Gasteiger partial charge in [-0.25, -0.2) is 0 Å². The van der Waals surface area contributed by atoms with Gasteiger partial charge in [0.2, 0.25) is 0 Å². The van der Waals surface area contributed by atoms with E-state index in [0.717, 1.165) is 0 Å². The van der Waals surface area contributed by atoms with Crippen LogP contribution in [0.3, 0.4) is 0 Å². The van der Waals surface area contributed by atoms with E-state index in [4.69, 9.17) is 0 Å². The molecule has 1 heteroatoms. The molecule has 0 fully saturated rings. The summed E-state index contributed by atoms with van der Waals surface area (Å²) < 4.78 is 1.32. The second-order valence-corrected chi connectivity index (χ2v) is 4.03. The van der Waals surface area contributed by atoms with Gasteiger partial charge in [-0.1, -0.05) is 0 Å². The second kappa shape index (κ2) is 4.54. The number of hydrogen-bond acceptors (Lipinski definition) is 0. The van der Waals surface area contributed by atoms with Crippen LogP contribution in [0.4, 0.5) is 0 Å². The molecule has 0 nitrogen and oxygen atoms in total. The number of rotatable bonds is 2.